The molecule has 0 saturated carbocycles. The highest BCUT2D eigenvalue weighted by atomic mass is 32.2. The maximum atomic E-state index is 12.9. The van der Waals surface area contributed by atoms with Crippen molar-refractivity contribution in [2.45, 2.75) is 43.7 Å². The van der Waals surface area contributed by atoms with Gasteiger partial charge >= 0.3 is 6.09 Å². The molecule has 0 saturated heterocycles. The van der Waals surface area contributed by atoms with Gasteiger partial charge in [0.05, 0.1) is 10.4 Å². The van der Waals surface area contributed by atoms with Gasteiger partial charge in [0.25, 0.3) is 5.91 Å². The van der Waals surface area contributed by atoms with Crippen molar-refractivity contribution < 1.29 is 28.3 Å². The van der Waals surface area contributed by atoms with Crippen molar-refractivity contribution >= 4 is 27.7 Å². The van der Waals surface area contributed by atoms with Gasteiger partial charge in [-0.2, -0.15) is 10.2 Å². The van der Waals surface area contributed by atoms with Crippen LogP contribution in [-0.4, -0.2) is 64.6 Å². The Kier molecular flexibility index (Phi) is 5.08. The second kappa shape index (κ2) is 6.59. The third kappa shape index (κ3) is 3.40. The fraction of sp³-hybridized carbons (Fsp3) is 0.438. The number of hydrogen-bond acceptors (Lipinski definition) is 6. The molecule has 1 aliphatic rings. The molecule has 1 heterocycles. The topological polar surface area (TPSA) is 140 Å². The van der Waals surface area contributed by atoms with Crippen LogP contribution in [0.5, 0.6) is 0 Å². The third-order valence-corrected chi connectivity index (χ3v) is 5.65. The summed E-state index contributed by atoms with van der Waals surface area (Å²) in [7, 11) is -2.39. The van der Waals surface area contributed by atoms with E-state index in [1.165, 1.54) is 38.2 Å². The lowest BCUT2D eigenvalue weighted by atomic mass is 9.89. The first-order valence-corrected chi connectivity index (χ1v) is 9.45. The summed E-state index contributed by atoms with van der Waals surface area (Å²) < 4.78 is 25.9. The van der Waals surface area contributed by atoms with Gasteiger partial charge in [-0.05, 0) is 46.9 Å². The van der Waals surface area contributed by atoms with Crippen molar-refractivity contribution in [3.8, 4) is 0 Å². The number of rotatable bonds is 4. The van der Waals surface area contributed by atoms with Gasteiger partial charge in [-0.15, -0.1) is 0 Å². The molecule has 0 radical (unpaired) electrons. The molecule has 1 atom stereocenters. The zero-order valence-electron chi connectivity index (χ0n) is 15.6. The molecule has 2 amide bonds. The summed E-state index contributed by atoms with van der Waals surface area (Å²) in [5.74, 6) is -0.721. The molecule has 0 spiro atoms. The lowest BCUT2D eigenvalue weighted by molar-refractivity contribution is -0.160. The van der Waals surface area contributed by atoms with Crippen LogP contribution in [0.25, 0.3) is 0 Å². The number of hydroxylamine groups is 2. The minimum atomic E-state index is -3.66. The maximum Gasteiger partial charge on any atom is 0.432 e. The van der Waals surface area contributed by atoms with Gasteiger partial charge in [0.15, 0.2) is 5.54 Å². The Bertz CT molecular complexity index is 904. The average molecular weight is 398 g/mol. The number of hydrogen-bond donors (Lipinski definition) is 3. The van der Waals surface area contributed by atoms with E-state index in [0.717, 1.165) is 5.01 Å². The Morgan fingerprint density at radius 3 is 2.19 bits per heavy atom. The van der Waals surface area contributed by atoms with Gasteiger partial charge in [-0.25, -0.2) is 22.9 Å². The minimum Gasteiger partial charge on any atom is -0.463 e. The van der Waals surface area contributed by atoms with Gasteiger partial charge in [0.1, 0.15) is 5.71 Å². The predicted octanol–water partition coefficient (Wildman–Crippen LogP) is 1.07. The number of carbonyl (C=O) groups excluding carboxylic acids is 1. The van der Waals surface area contributed by atoms with Crippen LogP contribution in [0.3, 0.4) is 0 Å². The smallest absolute Gasteiger partial charge is 0.432 e. The normalized spacial score (nSPS) is 20.6. The molecule has 10 nitrogen and oxygen atoms in total. The van der Waals surface area contributed by atoms with Crippen LogP contribution in [-0.2, 0) is 14.8 Å². The summed E-state index contributed by atoms with van der Waals surface area (Å²) in [4.78, 5) is 24.3. The zero-order chi connectivity index (χ0) is 20.8. The monoisotopic (exact) mass is 398 g/mol. The SMILES string of the molecule is CNS(=O)(=O)c1ccc(C2=NN(C(C)(C)C)C(=O)C2(C)N(O)C(=O)O)cc1. The molecule has 1 aliphatic heterocycles. The van der Waals surface area contributed by atoms with Crippen molar-refractivity contribution in [1.82, 2.24) is 14.8 Å². The molecular weight excluding hydrogens is 376 g/mol. The maximum absolute atomic E-state index is 12.9. The average Bonchev–Trinajstić information content (AvgIpc) is 2.87. The number of nitrogens with zero attached hydrogens (tertiary/aromatic N) is 3. The second-order valence-corrected chi connectivity index (χ2v) is 9.02. The van der Waals surface area contributed by atoms with Crippen LogP contribution in [0.15, 0.2) is 34.3 Å². The van der Waals surface area contributed by atoms with Crippen LogP contribution < -0.4 is 4.72 Å². The lowest BCUT2D eigenvalue weighted by Gasteiger charge is -2.33. The second-order valence-electron chi connectivity index (χ2n) is 7.13. The first-order valence-electron chi connectivity index (χ1n) is 7.96. The minimum absolute atomic E-state index is 0.00727. The van der Waals surface area contributed by atoms with E-state index in [-0.39, 0.29) is 15.7 Å². The number of nitrogens with one attached hydrogen (secondary N) is 1. The molecule has 0 aliphatic carbocycles. The highest BCUT2D eigenvalue weighted by Gasteiger charge is 2.56. The molecular formula is C16H22N4O6S. The molecule has 11 heteroatoms. The molecule has 2 rings (SSSR count). The molecule has 1 aromatic rings. The summed E-state index contributed by atoms with van der Waals surface area (Å²) in [6, 6.07) is 5.40. The molecule has 0 fully saturated rings. The molecule has 0 aromatic heterocycles. The fourth-order valence-electron chi connectivity index (χ4n) is 2.64. The van der Waals surface area contributed by atoms with E-state index in [4.69, 9.17) is 0 Å². The van der Waals surface area contributed by atoms with Gasteiger partial charge in [0, 0.05) is 5.56 Å². The highest BCUT2D eigenvalue weighted by molar-refractivity contribution is 7.89. The Balaban J connectivity index is 2.62. The molecule has 1 unspecified atom stereocenters. The summed E-state index contributed by atoms with van der Waals surface area (Å²) in [6.45, 7) is 6.38. The van der Waals surface area contributed by atoms with Crippen LogP contribution >= 0.6 is 0 Å². The van der Waals surface area contributed by atoms with Crippen molar-refractivity contribution in [2.24, 2.45) is 5.10 Å². The van der Waals surface area contributed by atoms with E-state index < -0.39 is 33.1 Å². The molecule has 148 valence electrons. The van der Waals surface area contributed by atoms with Crippen molar-refractivity contribution in [3.05, 3.63) is 29.8 Å². The van der Waals surface area contributed by atoms with E-state index >= 15 is 0 Å². The Morgan fingerprint density at radius 1 is 1.26 bits per heavy atom. The van der Waals surface area contributed by atoms with Gasteiger partial charge in [0.2, 0.25) is 10.0 Å². The largest absolute Gasteiger partial charge is 0.463 e. The van der Waals surface area contributed by atoms with E-state index in [9.17, 15) is 28.3 Å². The van der Waals surface area contributed by atoms with Crippen LogP contribution in [0.1, 0.15) is 33.3 Å². The molecule has 27 heavy (non-hydrogen) atoms. The van der Waals surface area contributed by atoms with Crippen molar-refractivity contribution in [2.75, 3.05) is 7.05 Å². The van der Waals surface area contributed by atoms with E-state index in [1.54, 1.807) is 20.8 Å². The number of sulfonamides is 1. The van der Waals surface area contributed by atoms with E-state index in [2.05, 4.69) is 9.82 Å². The van der Waals surface area contributed by atoms with Gasteiger partial charge in [-0.3, -0.25) is 10.0 Å². The summed E-state index contributed by atoms with van der Waals surface area (Å²) >= 11 is 0. The van der Waals surface area contributed by atoms with E-state index in [0.29, 0.717) is 5.56 Å². The van der Waals surface area contributed by atoms with Crippen LogP contribution in [0.4, 0.5) is 4.79 Å². The number of carboxylic acid groups (broad SMARTS) is 1. The summed E-state index contributed by atoms with van der Waals surface area (Å²) in [5, 5.41) is 24.6. The Morgan fingerprint density at radius 2 is 1.78 bits per heavy atom. The number of amides is 2. The number of benzene rings is 1. The summed E-state index contributed by atoms with van der Waals surface area (Å²) in [5.41, 5.74) is -2.47. The summed E-state index contributed by atoms with van der Waals surface area (Å²) in [6.07, 6.45) is -1.72. The Labute approximate surface area is 157 Å². The zero-order valence-corrected chi connectivity index (χ0v) is 16.4. The standard InChI is InChI=1S/C16H22N4O6S/c1-15(2,3)19-13(21)16(4,20(24)14(22)23)12(18-19)10-6-8-11(9-7-10)27(25,26)17-5/h6-9,17,24H,1-5H3,(H,22,23). The van der Waals surface area contributed by atoms with Crippen LogP contribution in [0, 0.1) is 0 Å². The third-order valence-electron chi connectivity index (χ3n) is 4.22. The fourth-order valence-corrected chi connectivity index (χ4v) is 3.37. The molecule has 3 N–H and O–H groups in total. The van der Waals surface area contributed by atoms with Crippen molar-refractivity contribution in [3.63, 3.8) is 0 Å². The van der Waals surface area contributed by atoms with Crippen molar-refractivity contribution in [1.29, 1.82) is 0 Å². The lowest BCUT2D eigenvalue weighted by Crippen LogP contribution is -2.59. The predicted molar refractivity (Wildman–Crippen MR) is 95.9 cm³/mol. The number of hydrazone groups is 1. The van der Waals surface area contributed by atoms with E-state index in [1.807, 2.05) is 0 Å². The highest BCUT2D eigenvalue weighted by Crippen LogP contribution is 2.34. The number of carbonyl (C=O) groups is 2. The molecule has 1 aromatic carbocycles. The quantitative estimate of drug-likeness (QED) is 0.512. The first-order chi connectivity index (χ1) is 12.3. The van der Waals surface area contributed by atoms with Gasteiger partial charge < -0.3 is 5.11 Å². The Hall–Kier alpha value is -2.50. The van der Waals surface area contributed by atoms with Gasteiger partial charge in [-0.1, -0.05) is 12.1 Å². The molecule has 0 bridgehead atoms. The first kappa shape index (κ1) is 20.8. The van der Waals surface area contributed by atoms with Crippen LogP contribution in [0.2, 0.25) is 0 Å².